The first kappa shape index (κ1) is 13.5. The standard InChI is InChI=1S/C15H22BrN3/c16-15-13(6-3-7-18-15)14(12-4-1-2-5-12)19-10-8-17-9-11-19/h3,6-7,12,14,17H,1-2,4-5,8-11H2/t14-/m0/s1. The molecule has 1 aromatic rings. The third-order valence-corrected chi connectivity index (χ3v) is 5.16. The minimum absolute atomic E-state index is 0.549. The molecule has 1 saturated carbocycles. The van der Waals surface area contributed by atoms with E-state index in [0.717, 1.165) is 36.7 Å². The zero-order valence-electron chi connectivity index (χ0n) is 11.3. The van der Waals surface area contributed by atoms with E-state index in [0.29, 0.717) is 6.04 Å². The number of nitrogens with zero attached hydrogens (tertiary/aromatic N) is 2. The van der Waals surface area contributed by atoms with Crippen molar-refractivity contribution in [1.29, 1.82) is 0 Å². The van der Waals surface area contributed by atoms with E-state index in [1.165, 1.54) is 31.2 Å². The molecule has 0 amide bonds. The lowest BCUT2D eigenvalue weighted by Gasteiger charge is -2.38. The lowest BCUT2D eigenvalue weighted by atomic mass is 9.90. The molecule has 0 radical (unpaired) electrons. The molecule has 1 atom stereocenters. The highest BCUT2D eigenvalue weighted by atomic mass is 79.9. The van der Waals surface area contributed by atoms with Crippen molar-refractivity contribution in [2.75, 3.05) is 26.2 Å². The highest BCUT2D eigenvalue weighted by molar-refractivity contribution is 9.10. The third-order valence-electron chi connectivity index (χ3n) is 4.50. The fourth-order valence-corrected chi connectivity index (χ4v) is 4.09. The zero-order chi connectivity index (χ0) is 13.1. The summed E-state index contributed by atoms with van der Waals surface area (Å²) in [7, 11) is 0. The van der Waals surface area contributed by atoms with Crippen LogP contribution in [0.2, 0.25) is 0 Å². The molecule has 104 valence electrons. The topological polar surface area (TPSA) is 28.2 Å². The quantitative estimate of drug-likeness (QED) is 0.867. The van der Waals surface area contributed by atoms with Gasteiger partial charge >= 0.3 is 0 Å². The Balaban J connectivity index is 1.88. The number of pyridine rings is 1. The smallest absolute Gasteiger partial charge is 0.110 e. The van der Waals surface area contributed by atoms with Gasteiger partial charge in [-0.2, -0.15) is 0 Å². The van der Waals surface area contributed by atoms with Gasteiger partial charge in [-0.05, 0) is 40.8 Å². The molecule has 19 heavy (non-hydrogen) atoms. The summed E-state index contributed by atoms with van der Waals surface area (Å²) >= 11 is 3.66. The van der Waals surface area contributed by atoms with Crippen LogP contribution in [0.25, 0.3) is 0 Å². The van der Waals surface area contributed by atoms with Crippen molar-refractivity contribution in [1.82, 2.24) is 15.2 Å². The Morgan fingerprint density at radius 3 is 2.68 bits per heavy atom. The first-order valence-corrected chi connectivity index (χ1v) is 8.21. The highest BCUT2D eigenvalue weighted by Gasteiger charge is 2.33. The molecule has 4 heteroatoms. The molecule has 1 aliphatic carbocycles. The Bertz CT molecular complexity index is 412. The van der Waals surface area contributed by atoms with Crippen molar-refractivity contribution < 1.29 is 0 Å². The molecular formula is C15H22BrN3. The predicted molar refractivity (Wildman–Crippen MR) is 81.1 cm³/mol. The molecule has 0 spiro atoms. The molecule has 2 aliphatic rings. The third kappa shape index (κ3) is 3.01. The van der Waals surface area contributed by atoms with Crippen LogP contribution in [0.1, 0.15) is 37.3 Å². The van der Waals surface area contributed by atoms with E-state index in [9.17, 15) is 0 Å². The minimum Gasteiger partial charge on any atom is -0.314 e. The number of hydrogen-bond acceptors (Lipinski definition) is 3. The average Bonchev–Trinajstić information content (AvgIpc) is 2.96. The maximum atomic E-state index is 4.44. The molecule has 0 aromatic carbocycles. The number of halogens is 1. The van der Waals surface area contributed by atoms with Crippen LogP contribution in [-0.2, 0) is 0 Å². The van der Waals surface area contributed by atoms with Crippen LogP contribution in [0.3, 0.4) is 0 Å². The second kappa shape index (κ2) is 6.33. The summed E-state index contributed by atoms with van der Waals surface area (Å²) in [5.74, 6) is 0.804. The van der Waals surface area contributed by atoms with Crippen LogP contribution in [0.5, 0.6) is 0 Å². The van der Waals surface area contributed by atoms with Crippen LogP contribution >= 0.6 is 15.9 Å². The van der Waals surface area contributed by atoms with E-state index in [4.69, 9.17) is 0 Å². The molecule has 3 nitrogen and oxygen atoms in total. The summed E-state index contributed by atoms with van der Waals surface area (Å²) in [5.41, 5.74) is 1.39. The number of piperazine rings is 1. The predicted octanol–water partition coefficient (Wildman–Crippen LogP) is 2.98. The van der Waals surface area contributed by atoms with E-state index in [1.54, 1.807) is 0 Å². The Labute approximate surface area is 123 Å². The summed E-state index contributed by atoms with van der Waals surface area (Å²) in [6.45, 7) is 4.53. The molecule has 0 bridgehead atoms. The van der Waals surface area contributed by atoms with E-state index in [1.807, 2.05) is 6.20 Å². The lowest BCUT2D eigenvalue weighted by Crippen LogP contribution is -2.46. The van der Waals surface area contributed by atoms with E-state index in [-0.39, 0.29) is 0 Å². The van der Waals surface area contributed by atoms with Gasteiger partial charge in [0.1, 0.15) is 4.60 Å². The summed E-state index contributed by atoms with van der Waals surface area (Å²) in [5, 5.41) is 3.46. The number of nitrogens with one attached hydrogen (secondary N) is 1. The van der Waals surface area contributed by atoms with Crippen molar-refractivity contribution in [2.45, 2.75) is 31.7 Å². The molecule has 1 aliphatic heterocycles. The second-order valence-electron chi connectivity index (χ2n) is 5.66. The Hall–Kier alpha value is -0.450. The van der Waals surface area contributed by atoms with E-state index < -0.39 is 0 Å². The molecule has 1 aromatic heterocycles. The maximum Gasteiger partial charge on any atom is 0.110 e. The number of aromatic nitrogens is 1. The van der Waals surface area contributed by atoms with Crippen molar-refractivity contribution in [3.63, 3.8) is 0 Å². The zero-order valence-corrected chi connectivity index (χ0v) is 12.9. The Morgan fingerprint density at radius 2 is 2.00 bits per heavy atom. The van der Waals surface area contributed by atoms with Gasteiger partial charge in [0.25, 0.3) is 0 Å². The molecule has 2 heterocycles. The van der Waals surface area contributed by atoms with Crippen molar-refractivity contribution in [3.8, 4) is 0 Å². The van der Waals surface area contributed by atoms with Gasteiger partial charge in [0, 0.05) is 44.0 Å². The SMILES string of the molecule is Brc1ncccc1[C@H](C1CCCC1)N1CCNCC1. The number of hydrogen-bond donors (Lipinski definition) is 1. The van der Waals surface area contributed by atoms with Gasteiger partial charge in [-0.3, -0.25) is 4.90 Å². The first-order valence-electron chi connectivity index (χ1n) is 7.41. The summed E-state index contributed by atoms with van der Waals surface area (Å²) in [6, 6.07) is 4.87. The van der Waals surface area contributed by atoms with Crippen molar-refractivity contribution >= 4 is 15.9 Å². The molecule has 1 saturated heterocycles. The molecule has 0 unspecified atom stereocenters. The molecule has 3 rings (SSSR count). The van der Waals surface area contributed by atoms with E-state index in [2.05, 4.69) is 43.3 Å². The van der Waals surface area contributed by atoms with Crippen LogP contribution in [0.4, 0.5) is 0 Å². The monoisotopic (exact) mass is 323 g/mol. The lowest BCUT2D eigenvalue weighted by molar-refractivity contribution is 0.124. The minimum atomic E-state index is 0.549. The molecular weight excluding hydrogens is 302 g/mol. The van der Waals surface area contributed by atoms with Gasteiger partial charge in [0.2, 0.25) is 0 Å². The van der Waals surface area contributed by atoms with Crippen molar-refractivity contribution in [2.24, 2.45) is 5.92 Å². The maximum absolute atomic E-state index is 4.44. The highest BCUT2D eigenvalue weighted by Crippen LogP contribution is 2.41. The summed E-state index contributed by atoms with van der Waals surface area (Å²) in [4.78, 5) is 7.10. The van der Waals surface area contributed by atoms with Gasteiger partial charge in [-0.1, -0.05) is 18.9 Å². The average molecular weight is 324 g/mol. The van der Waals surface area contributed by atoms with Crippen LogP contribution in [0.15, 0.2) is 22.9 Å². The van der Waals surface area contributed by atoms with Crippen LogP contribution in [-0.4, -0.2) is 36.1 Å². The number of rotatable bonds is 3. The normalized spacial score (nSPS) is 23.6. The van der Waals surface area contributed by atoms with Gasteiger partial charge in [-0.15, -0.1) is 0 Å². The fraction of sp³-hybridized carbons (Fsp3) is 0.667. The second-order valence-corrected chi connectivity index (χ2v) is 6.41. The fourth-order valence-electron chi connectivity index (χ4n) is 3.60. The van der Waals surface area contributed by atoms with Crippen LogP contribution < -0.4 is 5.32 Å². The van der Waals surface area contributed by atoms with Gasteiger partial charge in [-0.25, -0.2) is 4.98 Å². The van der Waals surface area contributed by atoms with Crippen molar-refractivity contribution in [3.05, 3.63) is 28.5 Å². The summed E-state index contributed by atoms with van der Waals surface area (Å²) in [6.07, 6.45) is 7.40. The van der Waals surface area contributed by atoms with E-state index >= 15 is 0 Å². The molecule has 1 N–H and O–H groups in total. The van der Waals surface area contributed by atoms with Gasteiger partial charge in [0.15, 0.2) is 0 Å². The Morgan fingerprint density at radius 1 is 1.26 bits per heavy atom. The van der Waals surface area contributed by atoms with Crippen LogP contribution in [0, 0.1) is 5.92 Å². The first-order chi connectivity index (χ1) is 9.36. The largest absolute Gasteiger partial charge is 0.314 e. The molecule has 2 fully saturated rings. The van der Waals surface area contributed by atoms with Gasteiger partial charge < -0.3 is 5.32 Å². The Kier molecular flexibility index (Phi) is 4.51. The van der Waals surface area contributed by atoms with Gasteiger partial charge in [0.05, 0.1) is 0 Å². The summed E-state index contributed by atoms with van der Waals surface area (Å²) < 4.78 is 1.03.